The van der Waals surface area contributed by atoms with Gasteiger partial charge in [0.2, 0.25) is 5.91 Å². The first-order valence-corrected chi connectivity index (χ1v) is 10.3. The van der Waals surface area contributed by atoms with Gasteiger partial charge in [0.15, 0.2) is 6.61 Å². The lowest BCUT2D eigenvalue weighted by Crippen LogP contribution is -2.63. The Morgan fingerprint density at radius 2 is 2.14 bits per heavy atom. The molecule has 11 heteroatoms. The highest BCUT2D eigenvalue weighted by Gasteiger charge is 2.60. The third-order valence-corrected chi connectivity index (χ3v) is 6.86. The number of fused-ring (bicyclic) bond motifs is 1. The van der Waals surface area contributed by atoms with E-state index in [4.69, 9.17) is 4.84 Å². The molecule has 5 atom stereocenters. The van der Waals surface area contributed by atoms with Crippen LogP contribution in [0.3, 0.4) is 0 Å². The minimum atomic E-state index is -1.14. The first-order chi connectivity index (χ1) is 13.6. The van der Waals surface area contributed by atoms with Crippen LogP contribution in [0.5, 0.6) is 0 Å². The van der Waals surface area contributed by atoms with Crippen molar-refractivity contribution < 1.29 is 29.4 Å². The third kappa shape index (κ3) is 3.99. The van der Waals surface area contributed by atoms with E-state index in [0.29, 0.717) is 23.7 Å². The van der Waals surface area contributed by atoms with Crippen molar-refractivity contribution >= 4 is 35.4 Å². The number of hydrogen-bond acceptors (Lipinski definition) is 8. The number of aliphatic carboxylic acids is 1. The Morgan fingerprint density at radius 3 is 2.72 bits per heavy atom. The van der Waals surface area contributed by atoms with Crippen LogP contribution >= 0.6 is 11.8 Å². The highest BCUT2D eigenvalue weighted by molar-refractivity contribution is 8.03. The SMILES string of the molecule is CC(O)[C@H]1C(=O)N2C(C(=O)O)=C(S[C@@H]3CN=C(NOCC(=O)N(C)C)C3)[C@H](C)[C@H]12. The molecule has 29 heavy (non-hydrogen) atoms. The highest BCUT2D eigenvalue weighted by atomic mass is 32.2. The average molecular weight is 426 g/mol. The maximum absolute atomic E-state index is 12.4. The number of rotatable bonds is 7. The van der Waals surface area contributed by atoms with Crippen molar-refractivity contribution in [3.05, 3.63) is 10.6 Å². The summed E-state index contributed by atoms with van der Waals surface area (Å²) in [5.41, 5.74) is 2.70. The predicted octanol–water partition coefficient (Wildman–Crippen LogP) is -0.346. The summed E-state index contributed by atoms with van der Waals surface area (Å²) in [7, 11) is 3.27. The van der Waals surface area contributed by atoms with Crippen LogP contribution in [0.15, 0.2) is 15.6 Å². The van der Waals surface area contributed by atoms with Gasteiger partial charge in [-0.25, -0.2) is 4.79 Å². The van der Waals surface area contributed by atoms with Gasteiger partial charge in [-0.1, -0.05) is 6.92 Å². The lowest BCUT2D eigenvalue weighted by Gasteiger charge is -2.46. The van der Waals surface area contributed by atoms with Crippen LogP contribution < -0.4 is 5.48 Å². The van der Waals surface area contributed by atoms with Crippen LogP contribution in [0.25, 0.3) is 0 Å². The molecule has 1 unspecified atom stereocenters. The molecular weight excluding hydrogens is 400 g/mol. The Labute approximate surface area is 172 Å². The second kappa shape index (κ2) is 8.33. The second-order valence-corrected chi connectivity index (χ2v) is 9.02. The topological polar surface area (TPSA) is 132 Å². The number of likely N-dealkylation sites (N-methyl/N-ethyl adjacent to an activating group) is 1. The number of β-lactam (4-membered cyclic amide) rings is 1. The summed E-state index contributed by atoms with van der Waals surface area (Å²) in [5, 5.41) is 19.6. The summed E-state index contributed by atoms with van der Waals surface area (Å²) in [6, 6.07) is -0.323. The van der Waals surface area contributed by atoms with E-state index in [1.165, 1.54) is 21.6 Å². The zero-order valence-electron chi connectivity index (χ0n) is 16.8. The van der Waals surface area contributed by atoms with Crippen LogP contribution in [-0.4, -0.2) is 88.3 Å². The van der Waals surface area contributed by atoms with E-state index < -0.39 is 18.0 Å². The lowest BCUT2D eigenvalue weighted by molar-refractivity contribution is -0.163. The van der Waals surface area contributed by atoms with Gasteiger partial charge in [-0.3, -0.25) is 24.9 Å². The van der Waals surface area contributed by atoms with Crippen molar-refractivity contribution in [3.8, 4) is 0 Å². The molecule has 0 aromatic carbocycles. The molecule has 0 aromatic heterocycles. The number of carbonyl (C=O) groups is 3. The first-order valence-electron chi connectivity index (χ1n) is 9.40. The molecule has 3 heterocycles. The minimum Gasteiger partial charge on any atom is -0.477 e. The fourth-order valence-corrected chi connectivity index (χ4v) is 5.28. The highest BCUT2D eigenvalue weighted by Crippen LogP contribution is 2.51. The van der Waals surface area contributed by atoms with Gasteiger partial charge in [0, 0.05) is 36.6 Å². The third-order valence-electron chi connectivity index (χ3n) is 5.40. The number of hydrogen-bond donors (Lipinski definition) is 3. The second-order valence-electron chi connectivity index (χ2n) is 7.68. The Balaban J connectivity index is 1.61. The Bertz CT molecular complexity index is 780. The Hall–Kier alpha value is -2.11. The number of aliphatic imine (C=N–C) groups is 1. The van der Waals surface area contributed by atoms with Crippen LogP contribution in [0.1, 0.15) is 20.3 Å². The quantitative estimate of drug-likeness (QED) is 0.372. The van der Waals surface area contributed by atoms with Crippen molar-refractivity contribution in [2.24, 2.45) is 16.8 Å². The van der Waals surface area contributed by atoms with E-state index in [9.17, 15) is 24.6 Å². The average Bonchev–Trinajstić information content (AvgIpc) is 3.16. The molecule has 2 amide bonds. The van der Waals surface area contributed by atoms with Crippen LogP contribution in [0.4, 0.5) is 0 Å². The first kappa shape index (κ1) is 21.6. The fourth-order valence-electron chi connectivity index (χ4n) is 3.88. The number of aliphatic hydroxyl groups excluding tert-OH is 1. The van der Waals surface area contributed by atoms with Gasteiger partial charge in [-0.15, -0.1) is 11.8 Å². The van der Waals surface area contributed by atoms with E-state index in [1.54, 1.807) is 21.0 Å². The summed E-state index contributed by atoms with van der Waals surface area (Å²) in [5.74, 6) is -1.80. The standard InChI is InChI=1S/C18H26N4O6S/c1-8-14-13(9(2)23)17(25)22(14)15(18(26)27)16(8)29-10-5-11(19-6-10)20-28-7-12(24)21(3)4/h8-10,13-14,23H,5-7H2,1-4H3,(H,19,20)(H,26,27)/t8-,9?,10+,13-,14-/m1/s1. The number of aliphatic hydroxyl groups is 1. The molecule has 10 nitrogen and oxygen atoms in total. The molecule has 0 bridgehead atoms. The number of amides is 2. The smallest absolute Gasteiger partial charge is 0.353 e. The molecule has 3 N–H and O–H groups in total. The lowest BCUT2D eigenvalue weighted by atomic mass is 9.79. The molecule has 160 valence electrons. The Kier molecular flexibility index (Phi) is 6.20. The van der Waals surface area contributed by atoms with Crippen molar-refractivity contribution in [1.29, 1.82) is 0 Å². The van der Waals surface area contributed by atoms with Gasteiger partial charge in [0.25, 0.3) is 5.91 Å². The van der Waals surface area contributed by atoms with E-state index in [2.05, 4.69) is 10.5 Å². The van der Waals surface area contributed by atoms with Crippen molar-refractivity contribution in [2.75, 3.05) is 27.2 Å². The van der Waals surface area contributed by atoms with Gasteiger partial charge in [-0.05, 0) is 6.92 Å². The predicted molar refractivity (Wildman–Crippen MR) is 106 cm³/mol. The molecule has 1 fully saturated rings. The van der Waals surface area contributed by atoms with Crippen LogP contribution in [0, 0.1) is 11.8 Å². The molecular formula is C18H26N4O6S. The largest absolute Gasteiger partial charge is 0.477 e. The Morgan fingerprint density at radius 1 is 1.45 bits per heavy atom. The molecule has 0 saturated carbocycles. The molecule has 0 aromatic rings. The maximum Gasteiger partial charge on any atom is 0.353 e. The van der Waals surface area contributed by atoms with E-state index in [-0.39, 0.29) is 41.3 Å². The van der Waals surface area contributed by atoms with Gasteiger partial charge >= 0.3 is 5.97 Å². The number of amidine groups is 1. The van der Waals surface area contributed by atoms with Gasteiger partial charge in [0.05, 0.1) is 24.6 Å². The molecule has 3 aliphatic rings. The number of thioether (sulfide) groups is 1. The van der Waals surface area contributed by atoms with Crippen molar-refractivity contribution in [2.45, 2.75) is 37.7 Å². The summed E-state index contributed by atoms with van der Waals surface area (Å²) in [6.45, 7) is 3.80. The number of carboxylic acids is 1. The number of carbonyl (C=O) groups excluding carboxylic acids is 2. The van der Waals surface area contributed by atoms with E-state index >= 15 is 0 Å². The summed E-state index contributed by atoms with van der Waals surface area (Å²) in [4.78, 5) is 48.6. The fraction of sp³-hybridized carbons (Fsp3) is 0.667. The number of carboxylic acid groups (broad SMARTS) is 1. The van der Waals surface area contributed by atoms with Gasteiger partial charge < -0.3 is 20.0 Å². The number of nitrogens with zero attached hydrogens (tertiary/aromatic N) is 3. The normalized spacial score (nSPS) is 29.3. The zero-order chi connectivity index (χ0) is 21.5. The molecule has 0 spiro atoms. The van der Waals surface area contributed by atoms with Crippen molar-refractivity contribution in [3.63, 3.8) is 0 Å². The van der Waals surface area contributed by atoms with Crippen LogP contribution in [-0.2, 0) is 19.2 Å². The number of hydroxylamine groups is 1. The molecule has 3 aliphatic heterocycles. The number of nitrogens with one attached hydrogen (secondary N) is 1. The zero-order valence-corrected chi connectivity index (χ0v) is 17.6. The molecule has 0 aliphatic carbocycles. The van der Waals surface area contributed by atoms with E-state index in [1.807, 2.05) is 6.92 Å². The van der Waals surface area contributed by atoms with Gasteiger partial charge in [0.1, 0.15) is 11.5 Å². The summed E-state index contributed by atoms with van der Waals surface area (Å²) < 4.78 is 0. The van der Waals surface area contributed by atoms with Gasteiger partial charge in [-0.2, -0.15) is 0 Å². The van der Waals surface area contributed by atoms with E-state index in [0.717, 1.165) is 0 Å². The van der Waals surface area contributed by atoms with Crippen molar-refractivity contribution in [1.82, 2.24) is 15.3 Å². The maximum atomic E-state index is 12.4. The van der Waals surface area contributed by atoms with Crippen LogP contribution in [0.2, 0.25) is 0 Å². The monoisotopic (exact) mass is 426 g/mol. The molecule has 3 rings (SSSR count). The summed E-state index contributed by atoms with van der Waals surface area (Å²) >= 11 is 1.41. The summed E-state index contributed by atoms with van der Waals surface area (Å²) in [6.07, 6.45) is -0.291. The minimum absolute atomic E-state index is 0.00347. The molecule has 1 saturated heterocycles. The molecule has 0 radical (unpaired) electrons.